The number of nitrogens with zero attached hydrogens (tertiary/aromatic N) is 2. The highest BCUT2D eigenvalue weighted by Crippen LogP contribution is 2.18. The topological polar surface area (TPSA) is 75.8 Å². The number of hydrogen-bond acceptors (Lipinski definition) is 4. The van der Waals surface area contributed by atoms with Crippen molar-refractivity contribution >= 4 is 18.1 Å². The molecule has 0 atom stereocenters. The predicted octanol–water partition coefficient (Wildman–Crippen LogP) is 3.22. The number of nitrogens with one attached hydrogen (secondary N) is 2. The molecular formula is C17H18N4O2S. The number of aromatic amines is 1. The largest absolute Gasteiger partial charge is 0.467 e. The number of benzene rings is 1. The molecule has 24 heavy (non-hydrogen) atoms. The van der Waals surface area contributed by atoms with Gasteiger partial charge >= 0.3 is 0 Å². The van der Waals surface area contributed by atoms with E-state index in [0.29, 0.717) is 24.3 Å². The number of carbonyl (C=O) groups is 1. The number of amides is 1. The monoisotopic (exact) mass is 342 g/mol. The van der Waals surface area contributed by atoms with Crippen molar-refractivity contribution in [3.63, 3.8) is 0 Å². The summed E-state index contributed by atoms with van der Waals surface area (Å²) in [5, 5.41) is 9.92. The second kappa shape index (κ2) is 7.27. The van der Waals surface area contributed by atoms with Gasteiger partial charge in [-0.25, -0.2) is 0 Å². The molecule has 1 aromatic carbocycles. The summed E-state index contributed by atoms with van der Waals surface area (Å²) >= 11 is 5.29. The maximum absolute atomic E-state index is 12.0. The van der Waals surface area contributed by atoms with Gasteiger partial charge in [0.1, 0.15) is 5.76 Å². The first-order chi connectivity index (χ1) is 11.6. The molecule has 0 spiro atoms. The fourth-order valence-electron chi connectivity index (χ4n) is 2.43. The molecule has 3 rings (SSSR count). The van der Waals surface area contributed by atoms with E-state index in [2.05, 4.69) is 15.5 Å². The Bertz CT molecular complexity index is 880. The zero-order valence-electron chi connectivity index (χ0n) is 13.3. The minimum atomic E-state index is -0.0651. The van der Waals surface area contributed by atoms with Crippen molar-refractivity contribution < 1.29 is 9.21 Å². The van der Waals surface area contributed by atoms with Crippen molar-refractivity contribution in [1.82, 2.24) is 20.1 Å². The van der Waals surface area contributed by atoms with Crippen LogP contribution in [0.1, 0.15) is 17.7 Å². The van der Waals surface area contributed by atoms with Gasteiger partial charge in [0.05, 0.1) is 12.8 Å². The van der Waals surface area contributed by atoms with Gasteiger partial charge in [-0.2, -0.15) is 5.10 Å². The normalized spacial score (nSPS) is 10.7. The summed E-state index contributed by atoms with van der Waals surface area (Å²) < 4.78 is 7.54. The molecule has 0 aliphatic heterocycles. The average Bonchev–Trinajstić information content (AvgIpc) is 3.21. The van der Waals surface area contributed by atoms with Crippen molar-refractivity contribution in [2.24, 2.45) is 0 Å². The molecule has 124 valence electrons. The third-order valence-corrected chi connectivity index (χ3v) is 3.95. The molecule has 2 N–H and O–H groups in total. The van der Waals surface area contributed by atoms with Gasteiger partial charge < -0.3 is 9.73 Å². The van der Waals surface area contributed by atoms with Gasteiger partial charge in [-0.15, -0.1) is 0 Å². The first-order valence-corrected chi connectivity index (χ1v) is 8.05. The van der Waals surface area contributed by atoms with Crippen LogP contribution in [0, 0.1) is 11.7 Å². The zero-order chi connectivity index (χ0) is 16.9. The van der Waals surface area contributed by atoms with Crippen LogP contribution in [-0.4, -0.2) is 20.7 Å². The fourth-order valence-corrected chi connectivity index (χ4v) is 2.65. The molecule has 3 aromatic rings. The van der Waals surface area contributed by atoms with E-state index >= 15 is 0 Å². The molecule has 0 saturated heterocycles. The van der Waals surface area contributed by atoms with Gasteiger partial charge in [-0.05, 0) is 37.3 Å². The average molecular weight is 342 g/mol. The Morgan fingerprint density at radius 3 is 3.00 bits per heavy atom. The van der Waals surface area contributed by atoms with Crippen molar-refractivity contribution in [2.75, 3.05) is 0 Å². The molecule has 1 amide bonds. The lowest BCUT2D eigenvalue weighted by Crippen LogP contribution is -2.23. The predicted molar refractivity (Wildman–Crippen MR) is 92.8 cm³/mol. The van der Waals surface area contributed by atoms with Crippen LogP contribution >= 0.6 is 12.2 Å². The van der Waals surface area contributed by atoms with Gasteiger partial charge in [0.2, 0.25) is 5.91 Å². The number of aryl methyl sites for hydroxylation is 1. The second-order valence-corrected chi connectivity index (χ2v) is 5.87. The first-order valence-electron chi connectivity index (χ1n) is 7.65. The van der Waals surface area contributed by atoms with Crippen LogP contribution < -0.4 is 5.32 Å². The molecule has 6 nitrogen and oxygen atoms in total. The van der Waals surface area contributed by atoms with Crippen molar-refractivity contribution in [2.45, 2.75) is 26.4 Å². The molecule has 0 unspecified atom stereocenters. The van der Waals surface area contributed by atoms with E-state index < -0.39 is 0 Å². The van der Waals surface area contributed by atoms with E-state index in [9.17, 15) is 4.79 Å². The number of hydrogen-bond donors (Lipinski definition) is 2. The Morgan fingerprint density at radius 1 is 1.38 bits per heavy atom. The number of carbonyl (C=O) groups excluding carboxylic acids is 1. The van der Waals surface area contributed by atoms with Crippen molar-refractivity contribution in [3.05, 3.63) is 58.8 Å². The van der Waals surface area contributed by atoms with Gasteiger partial charge in [-0.1, -0.05) is 23.8 Å². The molecule has 7 heteroatoms. The van der Waals surface area contributed by atoms with Crippen LogP contribution in [-0.2, 0) is 17.9 Å². The molecule has 0 aliphatic rings. The van der Waals surface area contributed by atoms with Gasteiger partial charge in [0, 0.05) is 18.5 Å². The molecule has 0 radical (unpaired) electrons. The molecule has 0 fully saturated rings. The molecular weight excluding hydrogens is 324 g/mol. The van der Waals surface area contributed by atoms with Crippen LogP contribution in [0.4, 0.5) is 0 Å². The molecule has 0 bridgehead atoms. The lowest BCUT2D eigenvalue weighted by Gasteiger charge is -2.08. The highest BCUT2D eigenvalue weighted by atomic mass is 32.1. The highest BCUT2D eigenvalue weighted by Gasteiger charge is 2.11. The van der Waals surface area contributed by atoms with Crippen LogP contribution in [0.15, 0.2) is 47.1 Å². The summed E-state index contributed by atoms with van der Waals surface area (Å²) in [6.45, 7) is 2.87. The van der Waals surface area contributed by atoms with Gasteiger partial charge in [0.15, 0.2) is 10.6 Å². The summed E-state index contributed by atoms with van der Waals surface area (Å²) in [5.41, 5.74) is 2.11. The summed E-state index contributed by atoms with van der Waals surface area (Å²) in [5.74, 6) is 1.40. The van der Waals surface area contributed by atoms with Crippen LogP contribution in [0.5, 0.6) is 0 Å². The second-order valence-electron chi connectivity index (χ2n) is 5.48. The summed E-state index contributed by atoms with van der Waals surface area (Å²) in [7, 11) is 0. The molecule has 2 heterocycles. The Hall–Kier alpha value is -2.67. The summed E-state index contributed by atoms with van der Waals surface area (Å²) in [4.78, 5) is 12.0. The third kappa shape index (κ3) is 3.80. The smallest absolute Gasteiger partial charge is 0.222 e. The van der Waals surface area contributed by atoms with Crippen molar-refractivity contribution in [3.8, 4) is 11.4 Å². The van der Waals surface area contributed by atoms with Crippen molar-refractivity contribution in [1.29, 1.82) is 0 Å². The SMILES string of the molecule is Cc1cccc(-c2n[nH]c(=S)n2CCC(=O)NCc2ccco2)c1. The van der Waals surface area contributed by atoms with Gasteiger partial charge in [0.25, 0.3) is 0 Å². The van der Waals surface area contributed by atoms with Crippen LogP contribution in [0.2, 0.25) is 0 Å². The number of H-pyrrole nitrogens is 1. The Kier molecular flexibility index (Phi) is 4.90. The first kappa shape index (κ1) is 16.2. The van der Waals surface area contributed by atoms with Gasteiger partial charge in [-0.3, -0.25) is 14.5 Å². The lowest BCUT2D eigenvalue weighted by molar-refractivity contribution is -0.121. The van der Waals surface area contributed by atoms with E-state index in [1.54, 1.807) is 12.3 Å². The minimum Gasteiger partial charge on any atom is -0.467 e. The van der Waals surface area contributed by atoms with Crippen LogP contribution in [0.3, 0.4) is 0 Å². The summed E-state index contributed by atoms with van der Waals surface area (Å²) in [6.07, 6.45) is 1.90. The number of rotatable bonds is 6. The van der Waals surface area contributed by atoms with E-state index in [-0.39, 0.29) is 5.91 Å². The number of aromatic nitrogens is 3. The maximum Gasteiger partial charge on any atom is 0.222 e. The Morgan fingerprint density at radius 2 is 2.25 bits per heavy atom. The maximum atomic E-state index is 12.0. The molecule has 0 saturated carbocycles. The zero-order valence-corrected chi connectivity index (χ0v) is 14.1. The lowest BCUT2D eigenvalue weighted by atomic mass is 10.1. The van der Waals surface area contributed by atoms with E-state index in [4.69, 9.17) is 16.6 Å². The van der Waals surface area contributed by atoms with E-state index in [1.165, 1.54) is 0 Å². The molecule has 2 aromatic heterocycles. The Labute approximate surface area is 144 Å². The third-order valence-electron chi connectivity index (χ3n) is 3.64. The standard InChI is InChI=1S/C17H18N4O2S/c1-12-4-2-5-13(10-12)16-19-20-17(24)21(16)8-7-15(22)18-11-14-6-3-9-23-14/h2-6,9-10H,7-8,11H2,1H3,(H,18,22)(H,20,24). The quantitative estimate of drug-likeness (QED) is 0.675. The van der Waals surface area contributed by atoms with E-state index in [0.717, 1.165) is 22.7 Å². The highest BCUT2D eigenvalue weighted by molar-refractivity contribution is 7.71. The summed E-state index contributed by atoms with van der Waals surface area (Å²) in [6, 6.07) is 11.6. The van der Waals surface area contributed by atoms with E-state index in [1.807, 2.05) is 41.8 Å². The Balaban J connectivity index is 1.66. The molecule has 0 aliphatic carbocycles. The number of furan rings is 1. The fraction of sp³-hybridized carbons (Fsp3) is 0.235. The van der Waals surface area contributed by atoms with Crippen LogP contribution in [0.25, 0.3) is 11.4 Å². The minimum absolute atomic E-state index is 0.0651.